The van der Waals surface area contributed by atoms with Crippen LogP contribution < -0.4 is 10.6 Å². The molecule has 6 nitrogen and oxygen atoms in total. The summed E-state index contributed by atoms with van der Waals surface area (Å²) < 4.78 is 0. The summed E-state index contributed by atoms with van der Waals surface area (Å²) >= 11 is 1.75. The van der Waals surface area contributed by atoms with Crippen LogP contribution in [0, 0.1) is 5.92 Å². The molecule has 1 aliphatic carbocycles. The first-order chi connectivity index (χ1) is 17.6. The lowest BCUT2D eigenvalue weighted by Crippen LogP contribution is -2.43. The second kappa shape index (κ2) is 11.3. The summed E-state index contributed by atoms with van der Waals surface area (Å²) in [5.74, 6) is 1.68. The van der Waals surface area contributed by atoms with Crippen molar-refractivity contribution in [3.05, 3.63) is 71.4 Å². The number of nitrogens with one attached hydrogen (secondary N) is 2. The lowest BCUT2D eigenvalue weighted by Gasteiger charge is -2.41. The van der Waals surface area contributed by atoms with E-state index in [0.29, 0.717) is 17.9 Å². The third kappa shape index (κ3) is 5.67. The first-order valence-corrected chi connectivity index (χ1v) is 14.0. The highest BCUT2D eigenvalue weighted by molar-refractivity contribution is 8.13. The van der Waals surface area contributed by atoms with E-state index in [1.807, 2.05) is 61.5 Å². The van der Waals surface area contributed by atoms with Crippen molar-refractivity contribution in [3.63, 3.8) is 0 Å². The smallest absolute Gasteiger partial charge is 0.255 e. The number of aliphatic imine (C=N–C) groups is 1. The fourth-order valence-corrected chi connectivity index (χ4v) is 6.45. The molecule has 1 unspecified atom stereocenters. The molecule has 2 aliphatic heterocycles. The highest BCUT2D eigenvalue weighted by atomic mass is 32.2. The molecule has 5 rings (SSSR count). The molecule has 188 valence electrons. The molecule has 2 fully saturated rings. The Morgan fingerprint density at radius 2 is 1.69 bits per heavy atom. The monoisotopic (exact) mass is 502 g/mol. The van der Waals surface area contributed by atoms with Crippen molar-refractivity contribution in [1.82, 2.24) is 4.90 Å². The maximum Gasteiger partial charge on any atom is 0.255 e. The molecule has 2 N–H and O–H groups in total. The number of allylic oxidation sites excluding steroid dienone is 1. The largest absolute Gasteiger partial charge is 0.340 e. The van der Waals surface area contributed by atoms with Crippen molar-refractivity contribution in [2.75, 3.05) is 22.9 Å². The number of amidine groups is 1. The number of nitrogens with zero attached hydrogens (tertiary/aromatic N) is 2. The Morgan fingerprint density at radius 3 is 2.44 bits per heavy atom. The number of benzene rings is 2. The molecule has 0 radical (unpaired) electrons. The summed E-state index contributed by atoms with van der Waals surface area (Å²) in [5, 5.41) is 7.09. The van der Waals surface area contributed by atoms with E-state index in [-0.39, 0.29) is 17.9 Å². The summed E-state index contributed by atoms with van der Waals surface area (Å²) in [5.41, 5.74) is 3.99. The third-order valence-electron chi connectivity index (χ3n) is 7.30. The van der Waals surface area contributed by atoms with Crippen LogP contribution >= 0.6 is 11.8 Å². The van der Waals surface area contributed by atoms with Crippen molar-refractivity contribution in [3.8, 4) is 0 Å². The van der Waals surface area contributed by atoms with Gasteiger partial charge in [0.2, 0.25) is 5.91 Å². The summed E-state index contributed by atoms with van der Waals surface area (Å²) in [6.45, 7) is 2.77. The molecule has 3 aliphatic rings. The molecule has 2 aromatic rings. The van der Waals surface area contributed by atoms with Gasteiger partial charge < -0.3 is 15.5 Å². The van der Waals surface area contributed by atoms with Crippen molar-refractivity contribution in [1.29, 1.82) is 0 Å². The zero-order valence-electron chi connectivity index (χ0n) is 20.8. The second-order valence-electron chi connectivity index (χ2n) is 9.87. The van der Waals surface area contributed by atoms with E-state index in [9.17, 15) is 9.59 Å². The van der Waals surface area contributed by atoms with E-state index < -0.39 is 0 Å². The standard InChI is InChI=1S/C29H34N4O2S/c1-20-26(28(35)32-23-10-3-2-4-11-23)27(33-18-7-19-36-29(33)30-20)22-13-15-24(16-14-22)31-25(34)17-12-21-8-5-6-9-21/h2-4,10-11,13-16,21,27H,5-9,12,17-19H2,1H3,(H,31,34)(H,32,35). The van der Waals surface area contributed by atoms with Gasteiger partial charge in [-0.05, 0) is 55.5 Å². The predicted octanol–water partition coefficient (Wildman–Crippen LogP) is 6.36. The van der Waals surface area contributed by atoms with Gasteiger partial charge in [-0.3, -0.25) is 9.59 Å². The lowest BCUT2D eigenvalue weighted by atomic mass is 9.93. The highest BCUT2D eigenvalue weighted by Crippen LogP contribution is 2.40. The molecule has 1 atom stereocenters. The van der Waals surface area contributed by atoms with Gasteiger partial charge in [0.1, 0.15) is 0 Å². The molecule has 0 spiro atoms. The Balaban J connectivity index is 1.34. The number of anilines is 2. The predicted molar refractivity (Wildman–Crippen MR) is 148 cm³/mol. The van der Waals surface area contributed by atoms with Crippen LogP contribution in [0.15, 0.2) is 70.9 Å². The van der Waals surface area contributed by atoms with Crippen molar-refractivity contribution in [2.45, 2.75) is 57.9 Å². The molecule has 0 aromatic heterocycles. The van der Waals surface area contributed by atoms with Crippen LogP contribution in [0.1, 0.15) is 63.5 Å². The Hall–Kier alpha value is -3.06. The van der Waals surface area contributed by atoms with Gasteiger partial charge in [0, 0.05) is 30.1 Å². The fraction of sp³-hybridized carbons (Fsp3) is 0.414. The van der Waals surface area contributed by atoms with Crippen LogP contribution in [0.25, 0.3) is 0 Å². The van der Waals surface area contributed by atoms with Gasteiger partial charge >= 0.3 is 0 Å². The third-order valence-corrected chi connectivity index (χ3v) is 8.38. The average Bonchev–Trinajstić information content (AvgIpc) is 3.42. The first-order valence-electron chi connectivity index (χ1n) is 13.0. The van der Waals surface area contributed by atoms with E-state index >= 15 is 0 Å². The van der Waals surface area contributed by atoms with Crippen molar-refractivity contribution >= 4 is 40.1 Å². The van der Waals surface area contributed by atoms with Gasteiger partial charge in [-0.2, -0.15) is 0 Å². The quantitative estimate of drug-likeness (QED) is 0.462. The summed E-state index contributed by atoms with van der Waals surface area (Å²) in [6.07, 6.45) is 7.72. The van der Waals surface area contributed by atoms with E-state index in [1.54, 1.807) is 11.8 Å². The molecule has 2 aromatic carbocycles. The number of hydrogen-bond donors (Lipinski definition) is 2. The molecule has 1 saturated heterocycles. The second-order valence-corrected chi connectivity index (χ2v) is 10.9. The Labute approximate surface area is 217 Å². The lowest BCUT2D eigenvalue weighted by molar-refractivity contribution is -0.116. The van der Waals surface area contributed by atoms with Crippen LogP contribution in [0.5, 0.6) is 0 Å². The molecular formula is C29H34N4O2S. The maximum atomic E-state index is 13.5. The molecule has 7 heteroatoms. The normalized spacial score (nSPS) is 20.1. The molecule has 0 bridgehead atoms. The number of para-hydroxylation sites is 1. The highest BCUT2D eigenvalue weighted by Gasteiger charge is 2.37. The van der Waals surface area contributed by atoms with Gasteiger partial charge in [-0.1, -0.05) is 67.8 Å². The topological polar surface area (TPSA) is 73.8 Å². The van der Waals surface area contributed by atoms with Gasteiger partial charge in [0.15, 0.2) is 5.17 Å². The summed E-state index contributed by atoms with van der Waals surface area (Å²) in [4.78, 5) is 33.1. The Bertz CT molecular complexity index is 1150. The first kappa shape index (κ1) is 24.6. The van der Waals surface area contributed by atoms with Crippen LogP contribution in [0.2, 0.25) is 0 Å². The number of carbonyl (C=O) groups is 2. The van der Waals surface area contributed by atoms with E-state index in [4.69, 9.17) is 4.99 Å². The number of hydrogen-bond acceptors (Lipinski definition) is 5. The van der Waals surface area contributed by atoms with Crippen LogP contribution in [-0.4, -0.2) is 34.2 Å². The minimum absolute atomic E-state index is 0.0767. The van der Waals surface area contributed by atoms with Gasteiger partial charge in [0.25, 0.3) is 5.91 Å². The minimum atomic E-state index is -0.221. The fourth-order valence-electron chi connectivity index (χ4n) is 5.43. The zero-order valence-corrected chi connectivity index (χ0v) is 21.7. The maximum absolute atomic E-state index is 13.5. The van der Waals surface area contributed by atoms with Gasteiger partial charge in [0.05, 0.1) is 17.3 Å². The average molecular weight is 503 g/mol. The minimum Gasteiger partial charge on any atom is -0.340 e. The molecule has 2 amide bonds. The van der Waals surface area contributed by atoms with Crippen LogP contribution in [0.4, 0.5) is 11.4 Å². The summed E-state index contributed by atoms with van der Waals surface area (Å²) in [6, 6.07) is 17.3. The Morgan fingerprint density at radius 1 is 0.972 bits per heavy atom. The molecular weight excluding hydrogens is 468 g/mol. The van der Waals surface area contributed by atoms with E-state index in [0.717, 1.165) is 52.9 Å². The number of carbonyl (C=O) groups excluding carboxylic acids is 2. The van der Waals surface area contributed by atoms with Crippen LogP contribution in [-0.2, 0) is 9.59 Å². The number of amides is 2. The summed E-state index contributed by atoms with van der Waals surface area (Å²) in [7, 11) is 0. The zero-order chi connectivity index (χ0) is 24.9. The SMILES string of the molecule is CC1=C(C(=O)Nc2ccccc2)C(c2ccc(NC(=O)CCC3CCCC3)cc2)N2CCCSC2=N1. The number of fused-ring (bicyclic) bond motifs is 1. The molecule has 2 heterocycles. The molecule has 1 saturated carbocycles. The van der Waals surface area contributed by atoms with Gasteiger partial charge in [-0.15, -0.1) is 0 Å². The van der Waals surface area contributed by atoms with E-state index in [1.165, 1.54) is 25.7 Å². The number of thioether (sulfide) groups is 1. The van der Waals surface area contributed by atoms with Crippen LogP contribution in [0.3, 0.4) is 0 Å². The van der Waals surface area contributed by atoms with Crippen molar-refractivity contribution in [2.24, 2.45) is 10.9 Å². The Kier molecular flexibility index (Phi) is 7.75. The van der Waals surface area contributed by atoms with E-state index in [2.05, 4.69) is 15.5 Å². The molecule has 36 heavy (non-hydrogen) atoms. The van der Waals surface area contributed by atoms with Gasteiger partial charge in [-0.25, -0.2) is 4.99 Å². The van der Waals surface area contributed by atoms with Crippen molar-refractivity contribution < 1.29 is 9.59 Å². The number of rotatable bonds is 7.